The molecule has 3 aromatic rings. The van der Waals surface area contributed by atoms with E-state index in [9.17, 15) is 9.18 Å². The van der Waals surface area contributed by atoms with Crippen molar-refractivity contribution in [3.8, 4) is 23.0 Å². The third kappa shape index (κ3) is 4.40. The summed E-state index contributed by atoms with van der Waals surface area (Å²) in [6.07, 6.45) is 0. The van der Waals surface area contributed by atoms with Crippen LogP contribution in [0.5, 0.6) is 11.6 Å². The van der Waals surface area contributed by atoms with Crippen LogP contribution in [0.1, 0.15) is 17.4 Å². The first kappa shape index (κ1) is 19.2. The van der Waals surface area contributed by atoms with Crippen molar-refractivity contribution in [2.45, 2.75) is 6.92 Å². The average Bonchev–Trinajstić information content (AvgIpc) is 2.68. The van der Waals surface area contributed by atoms with E-state index in [0.29, 0.717) is 11.3 Å². The first-order chi connectivity index (χ1) is 13.5. The van der Waals surface area contributed by atoms with Crippen LogP contribution >= 0.6 is 0 Å². The maximum atomic E-state index is 13.5. The summed E-state index contributed by atoms with van der Waals surface area (Å²) < 4.78 is 24.4. The zero-order valence-corrected chi connectivity index (χ0v) is 15.7. The van der Waals surface area contributed by atoms with Crippen LogP contribution in [-0.4, -0.2) is 41.9 Å². The maximum Gasteiger partial charge on any atom is 0.364 e. The summed E-state index contributed by atoms with van der Waals surface area (Å²) in [5.41, 5.74) is 1.16. The first-order valence-corrected chi connectivity index (χ1v) is 8.61. The number of benzene rings is 2. The topological polar surface area (TPSA) is 77.4 Å². The number of carbonyl (C=O) groups excluding carboxylic acids is 1. The van der Waals surface area contributed by atoms with E-state index in [2.05, 4.69) is 15.2 Å². The number of hydrogen-bond donors (Lipinski definition) is 0. The zero-order chi connectivity index (χ0) is 20.1. The van der Waals surface area contributed by atoms with Crippen molar-refractivity contribution in [1.29, 1.82) is 0 Å². The molecule has 0 fully saturated rings. The van der Waals surface area contributed by atoms with Gasteiger partial charge in [0.15, 0.2) is 5.82 Å². The highest BCUT2D eigenvalue weighted by atomic mass is 19.1. The summed E-state index contributed by atoms with van der Waals surface area (Å²) in [6, 6.07) is 13.0. The molecule has 144 valence electrons. The minimum Gasteiger partial charge on any atom is -0.461 e. The van der Waals surface area contributed by atoms with Crippen LogP contribution in [0.25, 0.3) is 11.4 Å². The van der Waals surface area contributed by atoms with Crippen molar-refractivity contribution in [2.24, 2.45) is 0 Å². The van der Waals surface area contributed by atoms with Crippen LogP contribution in [0.4, 0.5) is 10.1 Å². The Morgan fingerprint density at radius 3 is 2.61 bits per heavy atom. The molecule has 1 aromatic heterocycles. The van der Waals surface area contributed by atoms with Crippen LogP contribution in [-0.2, 0) is 4.74 Å². The van der Waals surface area contributed by atoms with E-state index in [0.717, 1.165) is 5.69 Å². The summed E-state index contributed by atoms with van der Waals surface area (Å²) in [6.45, 7) is 1.85. The standard InChI is InChI=1S/C20H19FN4O3/c1-4-27-20(26)17-19(28-16-10-6-9-15(12-16)25(2)3)22-18(24-23-17)13-7-5-8-14(21)11-13/h5-12H,4H2,1-3H3. The SMILES string of the molecule is CCOC(=O)c1nnc(-c2cccc(F)c2)nc1Oc1cccc(N(C)C)c1. The second-order valence-corrected chi connectivity index (χ2v) is 6.01. The minimum absolute atomic E-state index is 0.0661. The molecule has 3 rings (SSSR count). The third-order valence-corrected chi connectivity index (χ3v) is 3.75. The van der Waals surface area contributed by atoms with Gasteiger partial charge < -0.3 is 14.4 Å². The molecule has 0 unspecified atom stereocenters. The van der Waals surface area contributed by atoms with Gasteiger partial charge in [-0.15, -0.1) is 10.2 Å². The molecule has 0 aliphatic carbocycles. The van der Waals surface area contributed by atoms with Crippen molar-refractivity contribution in [3.63, 3.8) is 0 Å². The Labute approximate surface area is 161 Å². The lowest BCUT2D eigenvalue weighted by Gasteiger charge is -2.14. The Morgan fingerprint density at radius 2 is 1.89 bits per heavy atom. The van der Waals surface area contributed by atoms with Gasteiger partial charge in [-0.3, -0.25) is 0 Å². The molecule has 7 nitrogen and oxygen atoms in total. The fourth-order valence-corrected chi connectivity index (χ4v) is 2.40. The molecule has 8 heteroatoms. The van der Waals surface area contributed by atoms with Gasteiger partial charge in [0.2, 0.25) is 5.69 Å². The van der Waals surface area contributed by atoms with Crippen molar-refractivity contribution in [3.05, 3.63) is 60.0 Å². The lowest BCUT2D eigenvalue weighted by molar-refractivity contribution is 0.0514. The second kappa shape index (κ2) is 8.43. The van der Waals surface area contributed by atoms with Gasteiger partial charge in [0, 0.05) is 31.4 Å². The molecule has 0 saturated heterocycles. The predicted octanol–water partition coefficient (Wildman–Crippen LogP) is 3.71. The minimum atomic E-state index is -0.702. The molecule has 0 aliphatic heterocycles. The number of rotatable bonds is 6. The molecule has 0 spiro atoms. The number of carbonyl (C=O) groups is 1. The number of ether oxygens (including phenoxy) is 2. The van der Waals surface area contributed by atoms with Crippen LogP contribution in [0.3, 0.4) is 0 Å². The lowest BCUT2D eigenvalue weighted by atomic mass is 10.2. The lowest BCUT2D eigenvalue weighted by Crippen LogP contribution is -2.12. The largest absolute Gasteiger partial charge is 0.461 e. The van der Waals surface area contributed by atoms with Gasteiger partial charge in [0.1, 0.15) is 11.6 Å². The van der Waals surface area contributed by atoms with Crippen LogP contribution in [0.15, 0.2) is 48.5 Å². The van der Waals surface area contributed by atoms with Gasteiger partial charge >= 0.3 is 5.97 Å². The molecule has 0 aliphatic rings. The molecule has 1 heterocycles. The summed E-state index contributed by atoms with van der Waals surface area (Å²) in [7, 11) is 3.80. The number of nitrogens with zero attached hydrogens (tertiary/aromatic N) is 4. The van der Waals surface area contributed by atoms with E-state index in [4.69, 9.17) is 9.47 Å². The second-order valence-electron chi connectivity index (χ2n) is 6.01. The molecular formula is C20H19FN4O3. The molecule has 0 atom stereocenters. The Kier molecular flexibility index (Phi) is 5.78. The molecule has 0 saturated carbocycles. The molecule has 0 amide bonds. The molecular weight excluding hydrogens is 363 g/mol. The van der Waals surface area contributed by atoms with E-state index in [-0.39, 0.29) is 24.0 Å². The summed E-state index contributed by atoms with van der Waals surface area (Å²) in [5.74, 6) is -0.610. The fourth-order valence-electron chi connectivity index (χ4n) is 2.40. The number of halogens is 1. The Hall–Kier alpha value is -3.55. The van der Waals surface area contributed by atoms with Gasteiger partial charge in [-0.2, -0.15) is 4.98 Å². The highest BCUT2D eigenvalue weighted by molar-refractivity contribution is 5.89. The molecule has 0 N–H and O–H groups in total. The normalized spacial score (nSPS) is 10.4. The van der Waals surface area contributed by atoms with E-state index in [1.54, 1.807) is 25.1 Å². The summed E-state index contributed by atoms with van der Waals surface area (Å²) >= 11 is 0. The van der Waals surface area contributed by atoms with Crippen molar-refractivity contribution in [2.75, 3.05) is 25.6 Å². The van der Waals surface area contributed by atoms with E-state index in [1.165, 1.54) is 18.2 Å². The number of anilines is 1. The molecule has 0 bridgehead atoms. The monoisotopic (exact) mass is 382 g/mol. The molecule has 28 heavy (non-hydrogen) atoms. The Morgan fingerprint density at radius 1 is 1.11 bits per heavy atom. The average molecular weight is 382 g/mol. The quantitative estimate of drug-likeness (QED) is 0.601. The molecule has 0 radical (unpaired) electrons. The molecule has 2 aromatic carbocycles. The first-order valence-electron chi connectivity index (χ1n) is 8.61. The number of esters is 1. The third-order valence-electron chi connectivity index (χ3n) is 3.75. The highest BCUT2D eigenvalue weighted by Crippen LogP contribution is 2.27. The van der Waals surface area contributed by atoms with Crippen molar-refractivity contribution >= 4 is 11.7 Å². The van der Waals surface area contributed by atoms with Crippen LogP contribution in [0.2, 0.25) is 0 Å². The summed E-state index contributed by atoms with van der Waals surface area (Å²) in [5, 5.41) is 7.84. The fraction of sp³-hybridized carbons (Fsp3) is 0.200. The van der Waals surface area contributed by atoms with Gasteiger partial charge in [-0.25, -0.2) is 9.18 Å². The summed E-state index contributed by atoms with van der Waals surface area (Å²) in [4.78, 5) is 18.4. The van der Waals surface area contributed by atoms with Crippen molar-refractivity contribution < 1.29 is 18.7 Å². The van der Waals surface area contributed by atoms with Gasteiger partial charge in [-0.05, 0) is 31.2 Å². The predicted molar refractivity (Wildman–Crippen MR) is 102 cm³/mol. The highest BCUT2D eigenvalue weighted by Gasteiger charge is 2.21. The number of aromatic nitrogens is 3. The van der Waals surface area contributed by atoms with Crippen LogP contribution in [0, 0.1) is 5.82 Å². The Bertz CT molecular complexity index is 995. The van der Waals surface area contributed by atoms with E-state index < -0.39 is 11.8 Å². The van der Waals surface area contributed by atoms with Gasteiger partial charge in [0.05, 0.1) is 6.61 Å². The maximum absolute atomic E-state index is 13.5. The number of hydrogen-bond acceptors (Lipinski definition) is 7. The van der Waals surface area contributed by atoms with E-state index in [1.807, 2.05) is 31.1 Å². The van der Waals surface area contributed by atoms with E-state index >= 15 is 0 Å². The zero-order valence-electron chi connectivity index (χ0n) is 15.7. The smallest absolute Gasteiger partial charge is 0.364 e. The van der Waals surface area contributed by atoms with Gasteiger partial charge in [0.25, 0.3) is 5.88 Å². The van der Waals surface area contributed by atoms with Crippen molar-refractivity contribution in [1.82, 2.24) is 15.2 Å². The Balaban J connectivity index is 2.03. The van der Waals surface area contributed by atoms with Gasteiger partial charge in [-0.1, -0.05) is 18.2 Å². The van der Waals surface area contributed by atoms with Crippen LogP contribution < -0.4 is 9.64 Å².